The number of hydrogen-bond acceptors (Lipinski definition) is 3. The van der Waals surface area contributed by atoms with E-state index in [1.807, 2.05) is 20.8 Å². The van der Waals surface area contributed by atoms with Crippen LogP contribution >= 0.6 is 0 Å². The van der Waals surface area contributed by atoms with E-state index >= 15 is 0 Å². The third-order valence-corrected chi connectivity index (χ3v) is 1.39. The van der Waals surface area contributed by atoms with Crippen molar-refractivity contribution in [2.24, 2.45) is 5.92 Å². The van der Waals surface area contributed by atoms with Gasteiger partial charge in [-0.2, -0.15) is 0 Å². The molecule has 3 heteroatoms. The van der Waals surface area contributed by atoms with Crippen LogP contribution in [0.15, 0.2) is 0 Å². The van der Waals surface area contributed by atoms with Crippen LogP contribution in [0.2, 0.25) is 0 Å². The van der Waals surface area contributed by atoms with E-state index < -0.39 is 0 Å². The van der Waals surface area contributed by atoms with Gasteiger partial charge in [-0.25, -0.2) is 0 Å². The first kappa shape index (κ1) is 11.4. The van der Waals surface area contributed by atoms with Gasteiger partial charge in [0.05, 0.1) is 0 Å². The Morgan fingerprint density at radius 2 is 1.83 bits per heavy atom. The van der Waals surface area contributed by atoms with Gasteiger partial charge in [-0.05, 0) is 39.8 Å². The van der Waals surface area contributed by atoms with Crippen LogP contribution in [0.4, 0.5) is 0 Å². The first-order chi connectivity index (χ1) is 5.45. The quantitative estimate of drug-likeness (QED) is 0.605. The summed E-state index contributed by atoms with van der Waals surface area (Å²) >= 11 is 0. The van der Waals surface area contributed by atoms with Crippen LogP contribution in [0, 0.1) is 5.92 Å². The molecule has 0 aliphatic carbocycles. The Morgan fingerprint density at radius 1 is 1.42 bits per heavy atom. The fraction of sp³-hybridized carbons (Fsp3) is 0.889. The summed E-state index contributed by atoms with van der Waals surface area (Å²) in [5.41, 5.74) is -0.318. The Morgan fingerprint density at radius 3 is 1.83 bits per heavy atom. The van der Waals surface area contributed by atoms with E-state index in [0.717, 1.165) is 5.92 Å². The Balaban J connectivity index is 0.000000211. The molecule has 1 saturated heterocycles. The second-order valence-corrected chi connectivity index (χ2v) is 4.09. The van der Waals surface area contributed by atoms with E-state index in [4.69, 9.17) is 0 Å². The molecule has 0 radical (unpaired) electrons. The van der Waals surface area contributed by atoms with Gasteiger partial charge < -0.3 is 10.1 Å². The lowest BCUT2D eigenvalue weighted by Crippen LogP contribution is -2.39. The minimum atomic E-state index is -0.318. The Bertz CT molecular complexity index is 125. The molecule has 1 aliphatic rings. The molecule has 0 atom stereocenters. The second kappa shape index (κ2) is 5.14. The molecule has 0 bridgehead atoms. The summed E-state index contributed by atoms with van der Waals surface area (Å²) in [5, 5.41) is 3.16. The lowest BCUT2D eigenvalue weighted by Gasteiger charge is -2.21. The van der Waals surface area contributed by atoms with Gasteiger partial charge in [-0.3, -0.25) is 4.79 Å². The highest BCUT2D eigenvalue weighted by Crippen LogP contribution is 2.02. The normalized spacial score (nSPS) is 17.0. The zero-order chi connectivity index (χ0) is 9.61. The van der Waals surface area contributed by atoms with Crippen LogP contribution in [-0.4, -0.2) is 25.2 Å². The van der Waals surface area contributed by atoms with Gasteiger partial charge in [0.15, 0.2) is 0 Å². The van der Waals surface area contributed by atoms with E-state index in [9.17, 15) is 4.79 Å². The predicted octanol–water partition coefficient (Wildman–Crippen LogP) is 1.18. The first-order valence-corrected chi connectivity index (χ1v) is 4.28. The Kier molecular flexibility index (Phi) is 4.90. The molecular weight excluding hydrogens is 154 g/mol. The maximum Gasteiger partial charge on any atom is 0.293 e. The van der Waals surface area contributed by atoms with Crippen LogP contribution in [0.1, 0.15) is 27.7 Å². The molecule has 1 fully saturated rings. The molecule has 1 rings (SSSR count). The van der Waals surface area contributed by atoms with Crippen LogP contribution in [0.5, 0.6) is 0 Å². The first-order valence-electron chi connectivity index (χ1n) is 4.28. The molecule has 0 saturated carbocycles. The van der Waals surface area contributed by atoms with Gasteiger partial charge in [0.25, 0.3) is 6.47 Å². The predicted molar refractivity (Wildman–Crippen MR) is 48.9 cm³/mol. The van der Waals surface area contributed by atoms with Crippen molar-refractivity contribution in [2.45, 2.75) is 33.3 Å². The average Bonchev–Trinajstić information content (AvgIpc) is 1.82. The molecule has 1 N–H and O–H groups in total. The summed E-state index contributed by atoms with van der Waals surface area (Å²) in [6, 6.07) is 0. The van der Waals surface area contributed by atoms with E-state index in [2.05, 4.69) is 17.0 Å². The van der Waals surface area contributed by atoms with Crippen molar-refractivity contribution in [2.75, 3.05) is 13.1 Å². The fourth-order valence-electron chi connectivity index (χ4n) is 0.577. The summed E-state index contributed by atoms with van der Waals surface area (Å²) in [5.74, 6) is 0.954. The molecule has 3 nitrogen and oxygen atoms in total. The number of nitrogens with one attached hydrogen (secondary N) is 1. The largest absolute Gasteiger partial charge is 0.462 e. The van der Waals surface area contributed by atoms with Gasteiger partial charge in [-0.15, -0.1) is 0 Å². The SMILES string of the molecule is CC(C)(C)OC=O.CC1CNC1. The monoisotopic (exact) mass is 173 g/mol. The molecule has 0 aromatic carbocycles. The molecule has 0 spiro atoms. The smallest absolute Gasteiger partial charge is 0.293 e. The highest BCUT2D eigenvalue weighted by atomic mass is 16.5. The van der Waals surface area contributed by atoms with Crippen molar-refractivity contribution in [3.63, 3.8) is 0 Å². The number of hydrogen-bond donors (Lipinski definition) is 1. The second-order valence-electron chi connectivity index (χ2n) is 4.09. The van der Waals surface area contributed by atoms with Crippen molar-refractivity contribution in [1.29, 1.82) is 0 Å². The Hall–Kier alpha value is -0.570. The summed E-state index contributed by atoms with van der Waals surface area (Å²) in [6.45, 7) is 10.6. The van der Waals surface area contributed by atoms with Crippen molar-refractivity contribution in [3.8, 4) is 0 Å². The molecule has 0 unspecified atom stereocenters. The summed E-state index contributed by atoms with van der Waals surface area (Å²) in [6.07, 6.45) is 0. The molecule has 0 aromatic rings. The van der Waals surface area contributed by atoms with Crippen molar-refractivity contribution >= 4 is 6.47 Å². The fourth-order valence-corrected chi connectivity index (χ4v) is 0.577. The summed E-state index contributed by atoms with van der Waals surface area (Å²) < 4.78 is 4.55. The van der Waals surface area contributed by atoms with Crippen LogP contribution in [0.3, 0.4) is 0 Å². The van der Waals surface area contributed by atoms with Crippen LogP contribution in [0.25, 0.3) is 0 Å². The third kappa shape index (κ3) is 7.54. The zero-order valence-electron chi connectivity index (χ0n) is 8.39. The molecule has 0 amide bonds. The average molecular weight is 173 g/mol. The summed E-state index contributed by atoms with van der Waals surface area (Å²) in [4.78, 5) is 9.60. The minimum Gasteiger partial charge on any atom is -0.462 e. The zero-order valence-corrected chi connectivity index (χ0v) is 8.39. The maximum atomic E-state index is 9.60. The number of carbonyl (C=O) groups excluding carboxylic acids is 1. The third-order valence-electron chi connectivity index (χ3n) is 1.39. The van der Waals surface area contributed by atoms with Crippen molar-refractivity contribution < 1.29 is 9.53 Å². The standard InChI is InChI=1S/C5H10O2.C4H9N/c1-5(2,3)7-4-6;1-4-2-5-3-4/h4H,1-3H3;4-5H,2-3H2,1H3. The van der Waals surface area contributed by atoms with Crippen molar-refractivity contribution in [1.82, 2.24) is 5.32 Å². The highest BCUT2D eigenvalue weighted by Gasteiger charge is 2.08. The lowest BCUT2D eigenvalue weighted by molar-refractivity contribution is -0.138. The summed E-state index contributed by atoms with van der Waals surface area (Å²) in [7, 11) is 0. The maximum absolute atomic E-state index is 9.60. The van der Waals surface area contributed by atoms with Crippen molar-refractivity contribution in [3.05, 3.63) is 0 Å². The number of carbonyl (C=O) groups is 1. The van der Waals surface area contributed by atoms with E-state index in [1.165, 1.54) is 13.1 Å². The van der Waals surface area contributed by atoms with E-state index in [-0.39, 0.29) is 5.60 Å². The molecule has 12 heavy (non-hydrogen) atoms. The van der Waals surface area contributed by atoms with Gasteiger partial charge in [0, 0.05) is 0 Å². The van der Waals surface area contributed by atoms with Gasteiger partial charge >= 0.3 is 0 Å². The van der Waals surface area contributed by atoms with Crippen LogP contribution in [-0.2, 0) is 9.53 Å². The van der Waals surface area contributed by atoms with Gasteiger partial charge in [-0.1, -0.05) is 6.92 Å². The molecule has 0 aromatic heterocycles. The topological polar surface area (TPSA) is 38.3 Å². The highest BCUT2D eigenvalue weighted by molar-refractivity contribution is 5.37. The molecule has 72 valence electrons. The van der Waals surface area contributed by atoms with Gasteiger partial charge in [0.1, 0.15) is 5.60 Å². The van der Waals surface area contributed by atoms with Gasteiger partial charge in [0.2, 0.25) is 0 Å². The van der Waals surface area contributed by atoms with Crippen LogP contribution < -0.4 is 5.32 Å². The van der Waals surface area contributed by atoms with E-state index in [0.29, 0.717) is 6.47 Å². The number of rotatable bonds is 1. The lowest BCUT2D eigenvalue weighted by atomic mass is 10.1. The van der Waals surface area contributed by atoms with E-state index in [1.54, 1.807) is 0 Å². The molecule has 1 aliphatic heterocycles. The Labute approximate surface area is 74.5 Å². The molecule has 1 heterocycles. The minimum absolute atomic E-state index is 0.318. The number of ether oxygens (including phenoxy) is 1. The molecular formula is C9H19NO2.